The van der Waals surface area contributed by atoms with Gasteiger partial charge in [-0.3, -0.25) is 4.79 Å². The number of amides is 1. The fraction of sp³-hybridized carbons (Fsp3) is 0.188. The predicted octanol–water partition coefficient (Wildman–Crippen LogP) is 3.65. The molecule has 0 saturated carbocycles. The minimum Gasteiger partial charge on any atom is -0.508 e. The molecule has 0 fully saturated rings. The molecule has 0 bridgehead atoms. The van der Waals surface area contributed by atoms with Gasteiger partial charge in [-0.2, -0.15) is 0 Å². The highest BCUT2D eigenvalue weighted by atomic mass is 19.1. The summed E-state index contributed by atoms with van der Waals surface area (Å²) in [6.45, 7) is 3.37. The molecule has 0 aromatic heterocycles. The monoisotopic (exact) mass is 291 g/mol. The second-order valence-corrected chi connectivity index (χ2v) is 4.62. The minimum atomic E-state index is -0.901. The van der Waals surface area contributed by atoms with Crippen LogP contribution in [0.1, 0.15) is 22.8 Å². The molecular weight excluding hydrogens is 276 g/mol. The van der Waals surface area contributed by atoms with E-state index in [0.29, 0.717) is 5.69 Å². The number of benzene rings is 2. The van der Waals surface area contributed by atoms with E-state index in [2.05, 4.69) is 0 Å². The average Bonchev–Trinajstić information content (AvgIpc) is 2.44. The summed E-state index contributed by atoms with van der Waals surface area (Å²) in [4.78, 5) is 13.7. The summed E-state index contributed by atoms with van der Waals surface area (Å²) in [6, 6.07) is 8.33. The van der Waals surface area contributed by atoms with Crippen molar-refractivity contribution < 1.29 is 18.7 Å². The van der Waals surface area contributed by atoms with Crippen LogP contribution >= 0.6 is 0 Å². The number of aromatic hydroxyl groups is 1. The van der Waals surface area contributed by atoms with Gasteiger partial charge in [0.25, 0.3) is 5.91 Å². The first-order valence-electron chi connectivity index (χ1n) is 6.51. The van der Waals surface area contributed by atoms with Crippen LogP contribution in [-0.2, 0) is 0 Å². The molecule has 0 spiro atoms. The van der Waals surface area contributed by atoms with E-state index in [9.17, 15) is 18.7 Å². The second kappa shape index (κ2) is 5.91. The molecule has 5 heteroatoms. The number of anilines is 1. The van der Waals surface area contributed by atoms with Crippen LogP contribution in [0.25, 0.3) is 0 Å². The van der Waals surface area contributed by atoms with Gasteiger partial charge < -0.3 is 10.0 Å². The first-order valence-corrected chi connectivity index (χ1v) is 6.51. The number of nitrogens with zero attached hydrogens (tertiary/aromatic N) is 1. The van der Waals surface area contributed by atoms with Crippen LogP contribution < -0.4 is 4.90 Å². The lowest BCUT2D eigenvalue weighted by Crippen LogP contribution is -2.32. The van der Waals surface area contributed by atoms with Crippen molar-refractivity contribution in [1.29, 1.82) is 0 Å². The van der Waals surface area contributed by atoms with Crippen LogP contribution in [0.3, 0.4) is 0 Å². The maximum Gasteiger partial charge on any atom is 0.264 e. The lowest BCUT2D eigenvalue weighted by molar-refractivity contribution is 0.0980. The van der Waals surface area contributed by atoms with Gasteiger partial charge in [-0.1, -0.05) is 12.1 Å². The summed E-state index contributed by atoms with van der Waals surface area (Å²) in [6.07, 6.45) is 0. The van der Waals surface area contributed by atoms with Gasteiger partial charge in [0.05, 0.1) is 0 Å². The van der Waals surface area contributed by atoms with Crippen molar-refractivity contribution in [3.05, 3.63) is 59.2 Å². The van der Waals surface area contributed by atoms with Gasteiger partial charge in [0.15, 0.2) is 0 Å². The topological polar surface area (TPSA) is 40.5 Å². The van der Waals surface area contributed by atoms with Gasteiger partial charge in [-0.25, -0.2) is 8.78 Å². The smallest absolute Gasteiger partial charge is 0.264 e. The quantitative estimate of drug-likeness (QED) is 0.937. The molecule has 0 radical (unpaired) electrons. The molecule has 1 N–H and O–H groups in total. The number of carbonyl (C=O) groups is 1. The van der Waals surface area contributed by atoms with E-state index >= 15 is 0 Å². The largest absolute Gasteiger partial charge is 0.508 e. The predicted molar refractivity (Wildman–Crippen MR) is 76.6 cm³/mol. The molecular formula is C16H15F2NO2. The summed E-state index contributed by atoms with van der Waals surface area (Å²) < 4.78 is 27.9. The standard InChI is InChI=1S/C16H15F2NO2/c1-3-19(11-5-4-6-12(20)9-11)16(21)14-13(17)8-7-10(2)15(14)18/h4-9,20H,3H2,1-2H3. The highest BCUT2D eigenvalue weighted by molar-refractivity contribution is 6.06. The zero-order valence-electron chi connectivity index (χ0n) is 11.7. The van der Waals surface area contributed by atoms with E-state index in [1.165, 1.54) is 30.0 Å². The van der Waals surface area contributed by atoms with Crippen LogP contribution in [0, 0.1) is 18.6 Å². The molecule has 0 atom stereocenters. The molecule has 110 valence electrons. The van der Waals surface area contributed by atoms with Gasteiger partial charge in [-0.05, 0) is 37.6 Å². The molecule has 2 aromatic rings. The molecule has 21 heavy (non-hydrogen) atoms. The van der Waals surface area contributed by atoms with Crippen molar-refractivity contribution in [3.63, 3.8) is 0 Å². The third kappa shape index (κ3) is 2.86. The number of hydrogen-bond acceptors (Lipinski definition) is 2. The SMILES string of the molecule is CCN(C(=O)c1c(F)ccc(C)c1F)c1cccc(O)c1. The second-order valence-electron chi connectivity index (χ2n) is 4.62. The highest BCUT2D eigenvalue weighted by Gasteiger charge is 2.24. The molecule has 2 rings (SSSR count). The summed E-state index contributed by atoms with van der Waals surface area (Å²) in [5.41, 5.74) is -0.00490. The van der Waals surface area contributed by atoms with Crippen LogP contribution in [0.15, 0.2) is 36.4 Å². The molecule has 0 unspecified atom stereocenters. The van der Waals surface area contributed by atoms with Crippen molar-refractivity contribution in [2.24, 2.45) is 0 Å². The third-order valence-corrected chi connectivity index (χ3v) is 3.20. The third-order valence-electron chi connectivity index (χ3n) is 3.20. The van der Waals surface area contributed by atoms with Crippen molar-refractivity contribution in [1.82, 2.24) is 0 Å². The molecule has 0 aliphatic carbocycles. The lowest BCUT2D eigenvalue weighted by Gasteiger charge is -2.22. The zero-order valence-corrected chi connectivity index (χ0v) is 11.7. The Hall–Kier alpha value is -2.43. The minimum absolute atomic E-state index is 0.0241. The van der Waals surface area contributed by atoms with Gasteiger partial charge >= 0.3 is 0 Å². The van der Waals surface area contributed by atoms with Crippen molar-refractivity contribution in [3.8, 4) is 5.75 Å². The molecule has 1 amide bonds. The van der Waals surface area contributed by atoms with E-state index in [0.717, 1.165) is 6.07 Å². The first-order chi connectivity index (χ1) is 9.95. The van der Waals surface area contributed by atoms with E-state index in [1.807, 2.05) is 0 Å². The lowest BCUT2D eigenvalue weighted by atomic mass is 10.1. The zero-order chi connectivity index (χ0) is 15.6. The van der Waals surface area contributed by atoms with Gasteiger partial charge in [0.2, 0.25) is 0 Å². The van der Waals surface area contributed by atoms with E-state index < -0.39 is 23.1 Å². The molecule has 3 nitrogen and oxygen atoms in total. The maximum absolute atomic E-state index is 14.1. The molecule has 0 aliphatic rings. The summed E-state index contributed by atoms with van der Waals surface area (Å²) in [5, 5.41) is 9.48. The van der Waals surface area contributed by atoms with Crippen LogP contribution in [0.4, 0.5) is 14.5 Å². The van der Waals surface area contributed by atoms with Crippen molar-refractivity contribution in [2.45, 2.75) is 13.8 Å². The molecule has 0 aliphatic heterocycles. The van der Waals surface area contributed by atoms with Crippen molar-refractivity contribution >= 4 is 11.6 Å². The van der Waals surface area contributed by atoms with Gasteiger partial charge in [0, 0.05) is 18.3 Å². The number of hydrogen-bond donors (Lipinski definition) is 1. The Morgan fingerprint density at radius 1 is 1.24 bits per heavy atom. The van der Waals surface area contributed by atoms with Crippen LogP contribution in [0.5, 0.6) is 5.75 Å². The number of phenols is 1. The summed E-state index contributed by atoms with van der Waals surface area (Å²) in [5.74, 6) is -2.56. The maximum atomic E-state index is 14.1. The van der Waals surface area contributed by atoms with E-state index in [-0.39, 0.29) is 17.9 Å². The summed E-state index contributed by atoms with van der Waals surface area (Å²) >= 11 is 0. The fourth-order valence-corrected chi connectivity index (χ4v) is 2.09. The van der Waals surface area contributed by atoms with Gasteiger partial charge in [-0.15, -0.1) is 0 Å². The Bertz CT molecular complexity index is 686. The number of rotatable bonds is 3. The summed E-state index contributed by atoms with van der Waals surface area (Å²) in [7, 11) is 0. The number of carbonyl (C=O) groups excluding carboxylic acids is 1. The Morgan fingerprint density at radius 3 is 2.57 bits per heavy atom. The Balaban J connectivity index is 2.49. The normalized spacial score (nSPS) is 10.5. The average molecular weight is 291 g/mol. The number of halogens is 2. The van der Waals surface area contributed by atoms with Crippen molar-refractivity contribution in [2.75, 3.05) is 11.4 Å². The van der Waals surface area contributed by atoms with E-state index in [4.69, 9.17) is 0 Å². The van der Waals surface area contributed by atoms with E-state index in [1.54, 1.807) is 19.1 Å². The molecule has 2 aromatic carbocycles. The van der Waals surface area contributed by atoms with Crippen LogP contribution in [0.2, 0.25) is 0 Å². The first kappa shape index (κ1) is 15.0. The van der Waals surface area contributed by atoms with Gasteiger partial charge in [0.1, 0.15) is 22.9 Å². The Labute approximate surface area is 121 Å². The Morgan fingerprint density at radius 2 is 1.95 bits per heavy atom. The molecule has 0 saturated heterocycles. The highest BCUT2D eigenvalue weighted by Crippen LogP contribution is 2.24. The molecule has 0 heterocycles. The number of phenolic OH excluding ortho intramolecular Hbond substituents is 1. The van der Waals surface area contributed by atoms with Crippen LogP contribution in [-0.4, -0.2) is 17.6 Å². The number of aryl methyl sites for hydroxylation is 1. The Kier molecular flexibility index (Phi) is 4.21. The fourth-order valence-electron chi connectivity index (χ4n) is 2.09.